The van der Waals surface area contributed by atoms with Crippen LogP contribution in [0.15, 0.2) is 24.3 Å². The predicted octanol–water partition coefficient (Wildman–Crippen LogP) is 3.06. The summed E-state index contributed by atoms with van der Waals surface area (Å²) in [6, 6.07) is 7.78. The van der Waals surface area contributed by atoms with Gasteiger partial charge in [-0.25, -0.2) is 4.79 Å². The third-order valence-electron chi connectivity index (χ3n) is 4.91. The molecule has 3 rings (SSSR count). The Balaban J connectivity index is 1.72. The van der Waals surface area contributed by atoms with Gasteiger partial charge in [-0.05, 0) is 31.4 Å². The van der Waals surface area contributed by atoms with Gasteiger partial charge in [0.05, 0.1) is 13.2 Å². The maximum atomic E-state index is 13.0. The molecule has 150 valence electrons. The number of nitrogens with one attached hydrogen (secondary N) is 1. The number of H-pyrrole nitrogens is 1. The normalized spacial score (nSPS) is 14.5. The summed E-state index contributed by atoms with van der Waals surface area (Å²) in [4.78, 5) is 26.8. The molecule has 2 heterocycles. The van der Waals surface area contributed by atoms with Gasteiger partial charge in [-0.3, -0.25) is 9.89 Å². The Morgan fingerprint density at radius 3 is 2.71 bits per heavy atom. The molecule has 7 heteroatoms. The van der Waals surface area contributed by atoms with E-state index in [2.05, 4.69) is 24.0 Å². The van der Waals surface area contributed by atoms with Crippen molar-refractivity contribution in [3.05, 3.63) is 46.8 Å². The van der Waals surface area contributed by atoms with E-state index in [1.807, 2.05) is 24.3 Å². The van der Waals surface area contributed by atoms with Gasteiger partial charge in [-0.1, -0.05) is 32.0 Å². The molecule has 0 fully saturated rings. The number of nitrogens with zero attached hydrogens (tertiary/aromatic N) is 2. The van der Waals surface area contributed by atoms with Crippen molar-refractivity contribution in [2.75, 3.05) is 13.2 Å². The van der Waals surface area contributed by atoms with E-state index in [9.17, 15) is 9.59 Å². The highest BCUT2D eigenvalue weighted by atomic mass is 16.5. The molecule has 1 aliphatic rings. The Morgan fingerprint density at radius 2 is 2.00 bits per heavy atom. The Hall–Kier alpha value is -2.83. The maximum Gasteiger partial charge on any atom is 0.359 e. The lowest BCUT2D eigenvalue weighted by atomic mass is 10.0. The average molecular weight is 385 g/mol. The highest BCUT2D eigenvalue weighted by Gasteiger charge is 2.31. The van der Waals surface area contributed by atoms with E-state index in [1.165, 1.54) is 0 Å². The van der Waals surface area contributed by atoms with Crippen molar-refractivity contribution in [1.82, 2.24) is 15.1 Å². The average Bonchev–Trinajstić information content (AvgIpc) is 3.11. The topological polar surface area (TPSA) is 84.5 Å². The molecule has 1 aromatic heterocycles. The second-order valence-corrected chi connectivity index (χ2v) is 7.21. The molecule has 1 amide bonds. The quantitative estimate of drug-likeness (QED) is 0.773. The van der Waals surface area contributed by atoms with Crippen LogP contribution >= 0.6 is 0 Å². The molecule has 1 atom stereocenters. The van der Waals surface area contributed by atoms with Gasteiger partial charge in [0.15, 0.2) is 11.8 Å². The number of hydrogen-bond donors (Lipinski definition) is 1. The first-order valence-electron chi connectivity index (χ1n) is 9.70. The van der Waals surface area contributed by atoms with Crippen LogP contribution in [0.3, 0.4) is 0 Å². The number of carbonyl (C=O) groups is 2. The zero-order valence-corrected chi connectivity index (χ0v) is 16.8. The SMILES string of the molecule is CCOC(=O)c1n[nH]c2c1CN(C(=O)C(C)Oc1ccccc1C(C)C)CC2. The fourth-order valence-electron chi connectivity index (χ4n) is 3.41. The van der Waals surface area contributed by atoms with E-state index in [-0.39, 0.29) is 18.2 Å². The van der Waals surface area contributed by atoms with Crippen LogP contribution in [0.25, 0.3) is 0 Å². The van der Waals surface area contributed by atoms with Crippen LogP contribution in [0.5, 0.6) is 5.75 Å². The van der Waals surface area contributed by atoms with Crippen molar-refractivity contribution < 1.29 is 19.1 Å². The Bertz CT molecular complexity index is 859. The summed E-state index contributed by atoms with van der Waals surface area (Å²) in [6.07, 6.45) is -0.0117. The van der Waals surface area contributed by atoms with Gasteiger partial charge in [-0.15, -0.1) is 0 Å². The molecule has 0 radical (unpaired) electrons. The number of fused-ring (bicyclic) bond motifs is 1. The monoisotopic (exact) mass is 385 g/mol. The molecule has 1 N–H and O–H groups in total. The van der Waals surface area contributed by atoms with E-state index in [0.717, 1.165) is 22.6 Å². The zero-order chi connectivity index (χ0) is 20.3. The summed E-state index contributed by atoms with van der Waals surface area (Å²) in [7, 11) is 0. The van der Waals surface area contributed by atoms with Crippen molar-refractivity contribution in [2.24, 2.45) is 0 Å². The minimum atomic E-state index is -0.626. The maximum absolute atomic E-state index is 13.0. The molecule has 2 aromatic rings. The molecule has 7 nitrogen and oxygen atoms in total. The number of rotatable bonds is 6. The van der Waals surface area contributed by atoms with Crippen molar-refractivity contribution in [3.63, 3.8) is 0 Å². The first kappa shape index (κ1) is 19.9. The van der Waals surface area contributed by atoms with E-state index in [4.69, 9.17) is 9.47 Å². The molecule has 0 aliphatic carbocycles. The Kier molecular flexibility index (Phi) is 6.02. The molecular weight excluding hydrogens is 358 g/mol. The first-order valence-corrected chi connectivity index (χ1v) is 9.70. The summed E-state index contributed by atoms with van der Waals surface area (Å²) in [5, 5.41) is 6.98. The number of amides is 1. The largest absolute Gasteiger partial charge is 0.481 e. The summed E-state index contributed by atoms with van der Waals surface area (Å²) in [5.41, 5.74) is 2.94. The lowest BCUT2D eigenvalue weighted by Gasteiger charge is -2.30. The van der Waals surface area contributed by atoms with Gasteiger partial charge in [-0.2, -0.15) is 5.10 Å². The van der Waals surface area contributed by atoms with E-state index in [1.54, 1.807) is 18.7 Å². The predicted molar refractivity (Wildman–Crippen MR) is 104 cm³/mol. The van der Waals surface area contributed by atoms with Crippen LogP contribution in [-0.2, 0) is 22.5 Å². The fraction of sp³-hybridized carbons (Fsp3) is 0.476. The van der Waals surface area contributed by atoms with E-state index < -0.39 is 12.1 Å². The van der Waals surface area contributed by atoms with Crippen molar-refractivity contribution in [3.8, 4) is 5.75 Å². The second-order valence-electron chi connectivity index (χ2n) is 7.21. The molecule has 0 bridgehead atoms. The van der Waals surface area contributed by atoms with Crippen LogP contribution in [0.4, 0.5) is 0 Å². The molecule has 0 saturated heterocycles. The standard InChI is InChI=1S/C21H27N3O4/c1-5-27-21(26)19-16-12-24(11-10-17(16)22-23-19)20(25)14(4)28-18-9-7-6-8-15(18)13(2)3/h6-9,13-14H,5,10-12H2,1-4H3,(H,22,23). The zero-order valence-electron chi connectivity index (χ0n) is 16.8. The third-order valence-corrected chi connectivity index (χ3v) is 4.91. The lowest BCUT2D eigenvalue weighted by molar-refractivity contribution is -0.138. The number of carbonyl (C=O) groups excluding carboxylic acids is 2. The number of benzene rings is 1. The number of aromatic amines is 1. The van der Waals surface area contributed by atoms with Crippen molar-refractivity contribution >= 4 is 11.9 Å². The van der Waals surface area contributed by atoms with Crippen LogP contribution < -0.4 is 4.74 Å². The van der Waals surface area contributed by atoms with Crippen molar-refractivity contribution in [1.29, 1.82) is 0 Å². The summed E-state index contributed by atoms with van der Waals surface area (Å²) in [5.74, 6) is 0.449. The van der Waals surface area contributed by atoms with Crippen LogP contribution in [0, 0.1) is 0 Å². The lowest BCUT2D eigenvalue weighted by Crippen LogP contribution is -2.43. The highest BCUT2D eigenvalue weighted by molar-refractivity contribution is 5.89. The van der Waals surface area contributed by atoms with Gasteiger partial charge in [0, 0.05) is 24.2 Å². The first-order chi connectivity index (χ1) is 13.4. The van der Waals surface area contributed by atoms with Gasteiger partial charge >= 0.3 is 5.97 Å². The van der Waals surface area contributed by atoms with Gasteiger partial charge in [0.25, 0.3) is 5.91 Å². The number of aromatic nitrogens is 2. The highest BCUT2D eigenvalue weighted by Crippen LogP contribution is 2.28. The molecule has 1 unspecified atom stereocenters. The molecule has 28 heavy (non-hydrogen) atoms. The Morgan fingerprint density at radius 1 is 1.25 bits per heavy atom. The summed E-state index contributed by atoms with van der Waals surface area (Å²) in [6.45, 7) is 8.85. The minimum Gasteiger partial charge on any atom is -0.481 e. The molecule has 0 spiro atoms. The summed E-state index contributed by atoms with van der Waals surface area (Å²) >= 11 is 0. The van der Waals surface area contributed by atoms with E-state index >= 15 is 0 Å². The fourth-order valence-corrected chi connectivity index (χ4v) is 3.41. The Labute approximate surface area is 165 Å². The minimum absolute atomic E-state index is 0.111. The number of hydrogen-bond acceptors (Lipinski definition) is 5. The number of para-hydroxylation sites is 1. The molecule has 0 saturated carbocycles. The van der Waals surface area contributed by atoms with E-state index in [0.29, 0.717) is 25.4 Å². The van der Waals surface area contributed by atoms with Crippen LogP contribution in [0.2, 0.25) is 0 Å². The smallest absolute Gasteiger partial charge is 0.359 e. The van der Waals surface area contributed by atoms with Gasteiger partial charge in [0.2, 0.25) is 0 Å². The van der Waals surface area contributed by atoms with Crippen LogP contribution in [-0.4, -0.2) is 46.2 Å². The number of ether oxygens (including phenoxy) is 2. The molecule has 1 aliphatic heterocycles. The molecule has 1 aromatic carbocycles. The number of esters is 1. The van der Waals surface area contributed by atoms with Gasteiger partial charge in [0.1, 0.15) is 5.75 Å². The van der Waals surface area contributed by atoms with Crippen molar-refractivity contribution in [2.45, 2.75) is 52.7 Å². The third kappa shape index (κ3) is 4.03. The summed E-state index contributed by atoms with van der Waals surface area (Å²) < 4.78 is 11.1. The second kappa shape index (κ2) is 8.46. The molecular formula is C21H27N3O4. The van der Waals surface area contributed by atoms with Gasteiger partial charge < -0.3 is 14.4 Å². The van der Waals surface area contributed by atoms with Crippen LogP contribution in [0.1, 0.15) is 60.9 Å².